The predicted octanol–water partition coefficient (Wildman–Crippen LogP) is 2.23. The largest absolute Gasteiger partial charge is 0.481 e. The Bertz CT molecular complexity index is 569. The second kappa shape index (κ2) is 5.55. The molecule has 2 aliphatic rings. The number of ether oxygens (including phenoxy) is 1. The first-order valence-corrected chi connectivity index (χ1v) is 7.57. The standard InChI is InChI=1S/C15H19N3O4/c1-2-12-15(5-3-10(4-6-15)13(19)20)22-14(21)18(12)11-7-16-9-17-8-11/h7-10,12H,2-6H2,1H3,(H,19,20). The molecule has 1 amide bonds. The molecule has 1 aromatic heterocycles. The number of carboxylic acid groups (broad SMARTS) is 1. The maximum atomic E-state index is 12.4. The summed E-state index contributed by atoms with van der Waals surface area (Å²) in [5.74, 6) is -1.10. The van der Waals surface area contributed by atoms with E-state index in [9.17, 15) is 9.59 Å². The van der Waals surface area contributed by atoms with E-state index >= 15 is 0 Å². The molecule has 1 unspecified atom stereocenters. The third kappa shape index (κ3) is 2.30. The second-order valence-electron chi connectivity index (χ2n) is 5.94. The number of carbonyl (C=O) groups excluding carboxylic acids is 1. The number of aliphatic carboxylic acids is 1. The lowest BCUT2D eigenvalue weighted by atomic mass is 9.74. The molecule has 7 heteroatoms. The number of hydrogen-bond acceptors (Lipinski definition) is 5. The molecule has 1 N–H and O–H groups in total. The zero-order chi connectivity index (χ0) is 15.7. The van der Waals surface area contributed by atoms with Gasteiger partial charge in [-0.05, 0) is 32.1 Å². The molecule has 0 radical (unpaired) electrons. The molecule has 1 saturated heterocycles. The van der Waals surface area contributed by atoms with Gasteiger partial charge in [0.05, 0.1) is 30.0 Å². The van der Waals surface area contributed by atoms with Crippen molar-refractivity contribution < 1.29 is 19.4 Å². The summed E-state index contributed by atoms with van der Waals surface area (Å²) in [6.07, 6.45) is 7.19. The van der Waals surface area contributed by atoms with Crippen LogP contribution in [0.5, 0.6) is 0 Å². The summed E-state index contributed by atoms with van der Waals surface area (Å²) < 4.78 is 5.73. The van der Waals surface area contributed by atoms with Crippen LogP contribution in [0.25, 0.3) is 0 Å². The number of rotatable bonds is 3. The van der Waals surface area contributed by atoms with Crippen molar-refractivity contribution in [2.75, 3.05) is 4.90 Å². The first kappa shape index (κ1) is 14.7. The third-order valence-corrected chi connectivity index (χ3v) is 4.80. The van der Waals surface area contributed by atoms with Gasteiger partial charge in [0.2, 0.25) is 0 Å². The van der Waals surface area contributed by atoms with Crippen LogP contribution in [-0.4, -0.2) is 38.8 Å². The molecule has 2 fully saturated rings. The van der Waals surface area contributed by atoms with E-state index in [1.54, 1.807) is 17.3 Å². The molecule has 1 aliphatic carbocycles. The Labute approximate surface area is 128 Å². The summed E-state index contributed by atoms with van der Waals surface area (Å²) in [5, 5.41) is 9.14. The lowest BCUT2D eigenvalue weighted by molar-refractivity contribution is -0.144. The number of nitrogens with zero attached hydrogens (tertiary/aromatic N) is 3. The number of aromatic nitrogens is 2. The minimum Gasteiger partial charge on any atom is -0.481 e. The van der Waals surface area contributed by atoms with Gasteiger partial charge in [-0.15, -0.1) is 0 Å². The van der Waals surface area contributed by atoms with Gasteiger partial charge in [0.25, 0.3) is 0 Å². The Morgan fingerprint density at radius 3 is 2.59 bits per heavy atom. The van der Waals surface area contributed by atoms with Crippen molar-refractivity contribution >= 4 is 17.7 Å². The lowest BCUT2D eigenvalue weighted by Gasteiger charge is -2.38. The van der Waals surface area contributed by atoms with Crippen molar-refractivity contribution in [3.8, 4) is 0 Å². The van der Waals surface area contributed by atoms with Crippen LogP contribution < -0.4 is 4.90 Å². The first-order chi connectivity index (χ1) is 10.6. The molecule has 118 valence electrons. The van der Waals surface area contributed by atoms with Gasteiger partial charge in [-0.3, -0.25) is 9.69 Å². The van der Waals surface area contributed by atoms with Crippen LogP contribution in [0.3, 0.4) is 0 Å². The quantitative estimate of drug-likeness (QED) is 0.920. The molecular weight excluding hydrogens is 286 g/mol. The Morgan fingerprint density at radius 1 is 1.41 bits per heavy atom. The normalized spacial score (nSPS) is 31.3. The van der Waals surface area contributed by atoms with Gasteiger partial charge in [0.15, 0.2) is 0 Å². The first-order valence-electron chi connectivity index (χ1n) is 7.57. The topological polar surface area (TPSA) is 92.6 Å². The van der Waals surface area contributed by atoms with Crippen molar-refractivity contribution in [3.05, 3.63) is 18.7 Å². The van der Waals surface area contributed by atoms with Gasteiger partial charge in [0.1, 0.15) is 11.9 Å². The average molecular weight is 305 g/mol. The smallest absolute Gasteiger partial charge is 0.415 e. The van der Waals surface area contributed by atoms with Crippen LogP contribution in [0.1, 0.15) is 39.0 Å². The SMILES string of the molecule is CCC1N(c2cncnc2)C(=O)OC12CCC(C(=O)O)CC2. The highest BCUT2D eigenvalue weighted by atomic mass is 16.6. The molecular formula is C15H19N3O4. The van der Waals surface area contributed by atoms with Crippen LogP contribution in [0.4, 0.5) is 10.5 Å². The fourth-order valence-corrected chi connectivity index (χ4v) is 3.70. The minimum atomic E-state index is -0.763. The van der Waals surface area contributed by atoms with Crippen molar-refractivity contribution in [1.82, 2.24) is 9.97 Å². The van der Waals surface area contributed by atoms with Crippen LogP contribution >= 0.6 is 0 Å². The Kier molecular flexibility index (Phi) is 3.72. The van der Waals surface area contributed by atoms with Gasteiger partial charge < -0.3 is 9.84 Å². The number of carbonyl (C=O) groups is 2. The van der Waals surface area contributed by atoms with E-state index in [0.717, 1.165) is 6.42 Å². The Balaban J connectivity index is 1.86. The number of anilines is 1. The Morgan fingerprint density at radius 2 is 2.05 bits per heavy atom. The molecule has 22 heavy (non-hydrogen) atoms. The number of carboxylic acids is 1. The fourth-order valence-electron chi connectivity index (χ4n) is 3.70. The van der Waals surface area contributed by atoms with E-state index in [2.05, 4.69) is 9.97 Å². The van der Waals surface area contributed by atoms with Gasteiger partial charge in [-0.1, -0.05) is 6.92 Å². The number of hydrogen-bond donors (Lipinski definition) is 1. The van der Waals surface area contributed by atoms with Crippen LogP contribution in [0, 0.1) is 5.92 Å². The molecule has 0 bridgehead atoms. The predicted molar refractivity (Wildman–Crippen MR) is 77.4 cm³/mol. The summed E-state index contributed by atoms with van der Waals surface area (Å²) in [7, 11) is 0. The third-order valence-electron chi connectivity index (χ3n) is 4.80. The average Bonchev–Trinajstić information content (AvgIpc) is 2.79. The van der Waals surface area contributed by atoms with Gasteiger partial charge >= 0.3 is 12.1 Å². The Hall–Kier alpha value is -2.18. The molecule has 1 aliphatic heterocycles. The van der Waals surface area contributed by atoms with Gasteiger partial charge in [-0.25, -0.2) is 14.8 Å². The van der Waals surface area contributed by atoms with E-state index in [-0.39, 0.29) is 12.0 Å². The van der Waals surface area contributed by atoms with Crippen molar-refractivity contribution in [2.24, 2.45) is 5.92 Å². The summed E-state index contributed by atoms with van der Waals surface area (Å²) in [4.78, 5) is 33.0. The highest BCUT2D eigenvalue weighted by Gasteiger charge is 2.55. The highest BCUT2D eigenvalue weighted by Crippen LogP contribution is 2.45. The van der Waals surface area contributed by atoms with E-state index < -0.39 is 17.7 Å². The van der Waals surface area contributed by atoms with Gasteiger partial charge in [0, 0.05) is 0 Å². The summed E-state index contributed by atoms with van der Waals surface area (Å²) in [6.45, 7) is 2.01. The van der Waals surface area contributed by atoms with E-state index in [1.807, 2.05) is 6.92 Å². The van der Waals surface area contributed by atoms with Crippen LogP contribution in [0.2, 0.25) is 0 Å². The fraction of sp³-hybridized carbons (Fsp3) is 0.600. The second-order valence-corrected chi connectivity index (χ2v) is 5.94. The lowest BCUT2D eigenvalue weighted by Crippen LogP contribution is -2.48. The molecule has 3 rings (SSSR count). The van der Waals surface area contributed by atoms with E-state index in [0.29, 0.717) is 31.4 Å². The summed E-state index contributed by atoms with van der Waals surface area (Å²) >= 11 is 0. The van der Waals surface area contributed by atoms with E-state index in [4.69, 9.17) is 9.84 Å². The molecule has 1 spiro atoms. The monoisotopic (exact) mass is 305 g/mol. The zero-order valence-corrected chi connectivity index (χ0v) is 12.4. The molecule has 1 saturated carbocycles. The highest BCUT2D eigenvalue weighted by molar-refractivity contribution is 5.91. The minimum absolute atomic E-state index is 0.110. The van der Waals surface area contributed by atoms with Crippen LogP contribution in [-0.2, 0) is 9.53 Å². The molecule has 2 heterocycles. The van der Waals surface area contributed by atoms with Crippen molar-refractivity contribution in [2.45, 2.75) is 50.7 Å². The van der Waals surface area contributed by atoms with Crippen molar-refractivity contribution in [3.63, 3.8) is 0 Å². The van der Waals surface area contributed by atoms with Crippen molar-refractivity contribution in [1.29, 1.82) is 0 Å². The van der Waals surface area contributed by atoms with E-state index in [1.165, 1.54) is 6.33 Å². The zero-order valence-electron chi connectivity index (χ0n) is 12.4. The molecule has 0 aromatic carbocycles. The van der Waals surface area contributed by atoms with Crippen LogP contribution in [0.15, 0.2) is 18.7 Å². The summed E-state index contributed by atoms with van der Waals surface area (Å²) in [6, 6.07) is -0.110. The number of amides is 1. The summed E-state index contributed by atoms with van der Waals surface area (Å²) in [5.41, 5.74) is 0.0322. The van der Waals surface area contributed by atoms with Gasteiger partial charge in [-0.2, -0.15) is 0 Å². The maximum Gasteiger partial charge on any atom is 0.415 e. The molecule has 1 atom stereocenters. The molecule has 7 nitrogen and oxygen atoms in total. The molecule has 1 aromatic rings. The maximum absolute atomic E-state index is 12.4.